The van der Waals surface area contributed by atoms with E-state index in [0.29, 0.717) is 0 Å². The Morgan fingerprint density at radius 3 is 2.76 bits per heavy atom. The van der Waals surface area contributed by atoms with Crippen LogP contribution in [-0.4, -0.2) is 19.3 Å². The second-order valence-corrected chi connectivity index (χ2v) is 4.56. The van der Waals surface area contributed by atoms with Crippen LogP contribution >= 0.6 is 0 Å². The van der Waals surface area contributed by atoms with Crippen molar-refractivity contribution in [3.05, 3.63) is 29.8 Å². The SMILES string of the molecule is CCCOc1ccc(C2CC(N)CCO2)cc1. The molecule has 0 aliphatic carbocycles. The molecule has 2 N–H and O–H groups in total. The molecule has 1 aromatic rings. The number of hydrogen-bond acceptors (Lipinski definition) is 3. The summed E-state index contributed by atoms with van der Waals surface area (Å²) < 4.78 is 11.3. The first-order chi connectivity index (χ1) is 8.29. The van der Waals surface area contributed by atoms with Gasteiger partial charge in [0.1, 0.15) is 5.75 Å². The Labute approximate surface area is 103 Å². The van der Waals surface area contributed by atoms with Crippen LogP contribution in [0, 0.1) is 0 Å². The van der Waals surface area contributed by atoms with Gasteiger partial charge < -0.3 is 15.2 Å². The maximum Gasteiger partial charge on any atom is 0.119 e. The normalized spacial score (nSPS) is 24.6. The van der Waals surface area contributed by atoms with E-state index in [0.717, 1.165) is 38.2 Å². The highest BCUT2D eigenvalue weighted by atomic mass is 16.5. The fourth-order valence-electron chi connectivity index (χ4n) is 2.05. The smallest absolute Gasteiger partial charge is 0.119 e. The standard InChI is InChI=1S/C14H21NO2/c1-2-8-16-13-5-3-11(4-6-13)14-10-12(15)7-9-17-14/h3-6,12,14H,2,7-10,15H2,1H3. The van der Waals surface area contributed by atoms with E-state index in [-0.39, 0.29) is 12.1 Å². The molecule has 3 nitrogen and oxygen atoms in total. The molecule has 0 amide bonds. The van der Waals surface area contributed by atoms with Gasteiger partial charge in [0.15, 0.2) is 0 Å². The van der Waals surface area contributed by atoms with Crippen molar-refractivity contribution in [3.8, 4) is 5.75 Å². The second-order valence-electron chi connectivity index (χ2n) is 4.56. The van der Waals surface area contributed by atoms with Crippen LogP contribution in [0.4, 0.5) is 0 Å². The molecule has 2 unspecified atom stereocenters. The van der Waals surface area contributed by atoms with E-state index in [4.69, 9.17) is 15.2 Å². The molecule has 17 heavy (non-hydrogen) atoms. The summed E-state index contributed by atoms with van der Waals surface area (Å²) in [6, 6.07) is 8.44. The van der Waals surface area contributed by atoms with Crippen molar-refractivity contribution in [2.45, 2.75) is 38.3 Å². The van der Waals surface area contributed by atoms with Gasteiger partial charge in [0.05, 0.1) is 12.7 Å². The highest BCUT2D eigenvalue weighted by Crippen LogP contribution is 2.28. The van der Waals surface area contributed by atoms with E-state index in [1.807, 2.05) is 12.1 Å². The molecule has 1 aromatic carbocycles. The Kier molecular flexibility index (Phi) is 4.40. The van der Waals surface area contributed by atoms with Gasteiger partial charge in [-0.2, -0.15) is 0 Å². The van der Waals surface area contributed by atoms with E-state index in [1.165, 1.54) is 5.56 Å². The zero-order valence-electron chi connectivity index (χ0n) is 10.4. The van der Waals surface area contributed by atoms with Crippen LogP contribution in [0.1, 0.15) is 37.9 Å². The fourth-order valence-corrected chi connectivity index (χ4v) is 2.05. The minimum atomic E-state index is 0.152. The summed E-state index contributed by atoms with van der Waals surface area (Å²) in [6.07, 6.45) is 3.06. The summed E-state index contributed by atoms with van der Waals surface area (Å²) in [4.78, 5) is 0. The van der Waals surface area contributed by atoms with Gasteiger partial charge >= 0.3 is 0 Å². The molecule has 2 rings (SSSR count). The minimum Gasteiger partial charge on any atom is -0.494 e. The molecule has 1 saturated heterocycles. The van der Waals surface area contributed by atoms with Gasteiger partial charge in [-0.25, -0.2) is 0 Å². The fraction of sp³-hybridized carbons (Fsp3) is 0.571. The predicted octanol–water partition coefficient (Wildman–Crippen LogP) is 2.65. The van der Waals surface area contributed by atoms with Crippen molar-refractivity contribution in [2.24, 2.45) is 5.73 Å². The Hall–Kier alpha value is -1.06. The highest BCUT2D eigenvalue weighted by Gasteiger charge is 2.21. The third-order valence-corrected chi connectivity index (χ3v) is 3.05. The van der Waals surface area contributed by atoms with Crippen molar-refractivity contribution >= 4 is 0 Å². The zero-order chi connectivity index (χ0) is 12.1. The molecule has 0 saturated carbocycles. The Morgan fingerprint density at radius 2 is 2.12 bits per heavy atom. The first-order valence-electron chi connectivity index (χ1n) is 6.39. The molecule has 1 heterocycles. The van der Waals surface area contributed by atoms with E-state index in [1.54, 1.807) is 0 Å². The van der Waals surface area contributed by atoms with Crippen LogP contribution in [0.5, 0.6) is 5.75 Å². The monoisotopic (exact) mass is 235 g/mol. The molecule has 3 heteroatoms. The predicted molar refractivity (Wildman–Crippen MR) is 68.1 cm³/mol. The molecule has 1 fully saturated rings. The van der Waals surface area contributed by atoms with Crippen LogP contribution < -0.4 is 10.5 Å². The summed E-state index contributed by atoms with van der Waals surface area (Å²) in [5.41, 5.74) is 7.15. The summed E-state index contributed by atoms with van der Waals surface area (Å²) in [5, 5.41) is 0. The van der Waals surface area contributed by atoms with Gasteiger partial charge in [0.25, 0.3) is 0 Å². The number of ether oxygens (including phenoxy) is 2. The number of benzene rings is 1. The van der Waals surface area contributed by atoms with E-state index >= 15 is 0 Å². The largest absolute Gasteiger partial charge is 0.494 e. The molecule has 94 valence electrons. The van der Waals surface area contributed by atoms with Crippen molar-refractivity contribution in [1.29, 1.82) is 0 Å². The van der Waals surface area contributed by atoms with Crippen LogP contribution in [0.2, 0.25) is 0 Å². The molecular formula is C14H21NO2. The molecule has 1 aliphatic heterocycles. The molecule has 0 spiro atoms. The molecule has 0 bridgehead atoms. The minimum absolute atomic E-state index is 0.152. The Morgan fingerprint density at radius 1 is 1.35 bits per heavy atom. The van der Waals surface area contributed by atoms with Crippen molar-refractivity contribution < 1.29 is 9.47 Å². The van der Waals surface area contributed by atoms with Gasteiger partial charge in [-0.05, 0) is 37.0 Å². The van der Waals surface area contributed by atoms with E-state index in [2.05, 4.69) is 19.1 Å². The van der Waals surface area contributed by atoms with Crippen molar-refractivity contribution in [1.82, 2.24) is 0 Å². The van der Waals surface area contributed by atoms with Crippen LogP contribution in [0.25, 0.3) is 0 Å². The average molecular weight is 235 g/mol. The Bertz CT molecular complexity index is 337. The third kappa shape index (κ3) is 3.45. The number of hydrogen-bond donors (Lipinski definition) is 1. The first kappa shape index (κ1) is 12.4. The van der Waals surface area contributed by atoms with Crippen molar-refractivity contribution in [2.75, 3.05) is 13.2 Å². The average Bonchev–Trinajstić information content (AvgIpc) is 2.37. The number of nitrogens with two attached hydrogens (primary N) is 1. The Balaban J connectivity index is 1.96. The summed E-state index contributed by atoms with van der Waals surface area (Å²) in [7, 11) is 0. The van der Waals surface area contributed by atoms with E-state index < -0.39 is 0 Å². The number of rotatable bonds is 4. The zero-order valence-corrected chi connectivity index (χ0v) is 10.4. The van der Waals surface area contributed by atoms with Crippen LogP contribution in [-0.2, 0) is 4.74 Å². The molecule has 2 atom stereocenters. The lowest BCUT2D eigenvalue weighted by atomic mass is 9.98. The van der Waals surface area contributed by atoms with Gasteiger partial charge in [-0.15, -0.1) is 0 Å². The topological polar surface area (TPSA) is 44.5 Å². The maximum atomic E-state index is 5.95. The lowest BCUT2D eigenvalue weighted by Crippen LogP contribution is -2.30. The lowest BCUT2D eigenvalue weighted by Gasteiger charge is -2.27. The molecular weight excluding hydrogens is 214 g/mol. The first-order valence-corrected chi connectivity index (χ1v) is 6.39. The van der Waals surface area contributed by atoms with Crippen molar-refractivity contribution in [3.63, 3.8) is 0 Å². The van der Waals surface area contributed by atoms with Gasteiger partial charge in [0, 0.05) is 12.6 Å². The van der Waals surface area contributed by atoms with Gasteiger partial charge in [-0.1, -0.05) is 19.1 Å². The molecule has 1 aliphatic rings. The third-order valence-electron chi connectivity index (χ3n) is 3.05. The summed E-state index contributed by atoms with van der Waals surface area (Å²) >= 11 is 0. The maximum absolute atomic E-state index is 5.95. The highest BCUT2D eigenvalue weighted by molar-refractivity contribution is 5.28. The van der Waals surface area contributed by atoms with Gasteiger partial charge in [0.2, 0.25) is 0 Å². The van der Waals surface area contributed by atoms with Gasteiger partial charge in [-0.3, -0.25) is 0 Å². The van der Waals surface area contributed by atoms with E-state index in [9.17, 15) is 0 Å². The van der Waals surface area contributed by atoms with Crippen LogP contribution in [0.3, 0.4) is 0 Å². The summed E-state index contributed by atoms with van der Waals surface area (Å²) in [6.45, 7) is 3.63. The lowest BCUT2D eigenvalue weighted by molar-refractivity contribution is 0.00665. The quantitative estimate of drug-likeness (QED) is 0.872. The summed E-state index contributed by atoms with van der Waals surface area (Å²) in [5.74, 6) is 0.927. The molecule has 0 radical (unpaired) electrons. The van der Waals surface area contributed by atoms with Crippen LogP contribution in [0.15, 0.2) is 24.3 Å². The molecule has 0 aromatic heterocycles. The second kappa shape index (κ2) is 6.03.